The third kappa shape index (κ3) is 2.02. The van der Waals surface area contributed by atoms with Crippen LogP contribution in [0.5, 0.6) is 0 Å². The van der Waals surface area contributed by atoms with Gasteiger partial charge in [-0.1, -0.05) is 0 Å². The Balaban J connectivity index is 2.21. The summed E-state index contributed by atoms with van der Waals surface area (Å²) < 4.78 is 1.64. The van der Waals surface area contributed by atoms with E-state index in [9.17, 15) is 4.79 Å². The van der Waals surface area contributed by atoms with Crippen molar-refractivity contribution >= 4 is 5.97 Å². The van der Waals surface area contributed by atoms with Crippen molar-refractivity contribution in [2.45, 2.75) is 18.9 Å². The molecular weight excluding hydrogens is 194 g/mol. The second-order valence-electron chi connectivity index (χ2n) is 4.02. The van der Waals surface area contributed by atoms with Gasteiger partial charge in [-0.15, -0.1) is 0 Å². The van der Waals surface area contributed by atoms with E-state index in [4.69, 9.17) is 5.11 Å². The number of nitrogens with zero attached hydrogens (tertiary/aromatic N) is 3. The molecule has 5 nitrogen and oxygen atoms in total. The van der Waals surface area contributed by atoms with Crippen molar-refractivity contribution in [1.82, 2.24) is 14.7 Å². The van der Waals surface area contributed by atoms with Crippen molar-refractivity contribution < 1.29 is 9.90 Å². The molecule has 0 radical (unpaired) electrons. The van der Waals surface area contributed by atoms with E-state index in [1.807, 2.05) is 0 Å². The van der Waals surface area contributed by atoms with Crippen molar-refractivity contribution in [3.63, 3.8) is 0 Å². The summed E-state index contributed by atoms with van der Waals surface area (Å²) in [5, 5.41) is 13.1. The van der Waals surface area contributed by atoms with Gasteiger partial charge in [-0.3, -0.25) is 4.68 Å². The number of piperidine rings is 1. The van der Waals surface area contributed by atoms with Crippen molar-refractivity contribution in [2.75, 3.05) is 20.1 Å². The molecule has 0 amide bonds. The van der Waals surface area contributed by atoms with Crippen LogP contribution < -0.4 is 0 Å². The highest BCUT2D eigenvalue weighted by atomic mass is 16.4. The standard InChI is InChI=1S/C10H15N3O2/c1-12-6-2-3-8(7-12)13-9(10(14)15)4-5-11-13/h4-5,8H,2-3,6-7H2,1H3,(H,14,15). The number of hydrogen-bond donors (Lipinski definition) is 1. The quantitative estimate of drug-likeness (QED) is 0.784. The SMILES string of the molecule is CN1CCCC(n2nccc2C(=O)O)C1. The summed E-state index contributed by atoms with van der Waals surface area (Å²) in [6.07, 6.45) is 3.66. The second-order valence-corrected chi connectivity index (χ2v) is 4.02. The largest absolute Gasteiger partial charge is 0.477 e. The lowest BCUT2D eigenvalue weighted by atomic mass is 10.1. The number of aromatic carboxylic acids is 1. The molecular formula is C10H15N3O2. The first-order valence-electron chi connectivity index (χ1n) is 5.14. The number of aromatic nitrogens is 2. The Bertz CT molecular complexity index is 361. The van der Waals surface area contributed by atoms with Gasteiger partial charge in [-0.25, -0.2) is 4.79 Å². The van der Waals surface area contributed by atoms with Gasteiger partial charge in [0.1, 0.15) is 5.69 Å². The molecule has 1 aliphatic rings. The highest BCUT2D eigenvalue weighted by Crippen LogP contribution is 2.21. The molecule has 0 bridgehead atoms. The summed E-state index contributed by atoms with van der Waals surface area (Å²) in [5.41, 5.74) is 0.287. The van der Waals surface area contributed by atoms with Crippen LogP contribution in [0.1, 0.15) is 29.4 Å². The first-order chi connectivity index (χ1) is 7.18. The minimum absolute atomic E-state index is 0.199. The van der Waals surface area contributed by atoms with E-state index < -0.39 is 5.97 Å². The molecule has 1 saturated heterocycles. The molecule has 82 valence electrons. The number of likely N-dealkylation sites (tertiary alicyclic amines) is 1. The van der Waals surface area contributed by atoms with Gasteiger partial charge in [0.25, 0.3) is 0 Å². The smallest absolute Gasteiger partial charge is 0.354 e. The molecule has 1 aliphatic heterocycles. The maximum absolute atomic E-state index is 10.9. The van der Waals surface area contributed by atoms with Crippen LogP contribution in [-0.2, 0) is 0 Å². The minimum atomic E-state index is -0.902. The van der Waals surface area contributed by atoms with Gasteiger partial charge in [0.05, 0.1) is 6.04 Å². The summed E-state index contributed by atoms with van der Waals surface area (Å²) in [7, 11) is 2.05. The van der Waals surface area contributed by atoms with E-state index in [1.165, 1.54) is 0 Å². The Morgan fingerprint density at radius 2 is 2.47 bits per heavy atom. The second kappa shape index (κ2) is 4.02. The molecule has 5 heteroatoms. The zero-order valence-corrected chi connectivity index (χ0v) is 8.76. The maximum atomic E-state index is 10.9. The minimum Gasteiger partial charge on any atom is -0.477 e. The van der Waals surface area contributed by atoms with Gasteiger partial charge in [0, 0.05) is 12.7 Å². The molecule has 1 aromatic heterocycles. The Morgan fingerprint density at radius 3 is 3.13 bits per heavy atom. The topological polar surface area (TPSA) is 58.4 Å². The average molecular weight is 209 g/mol. The van der Waals surface area contributed by atoms with Crippen LogP contribution in [0.25, 0.3) is 0 Å². The van der Waals surface area contributed by atoms with E-state index in [-0.39, 0.29) is 11.7 Å². The maximum Gasteiger partial charge on any atom is 0.354 e. The summed E-state index contributed by atoms with van der Waals surface area (Å²) in [6, 6.07) is 1.75. The first-order valence-corrected chi connectivity index (χ1v) is 5.14. The Labute approximate surface area is 88.3 Å². The van der Waals surface area contributed by atoms with E-state index in [2.05, 4.69) is 17.0 Å². The first kappa shape index (κ1) is 10.2. The summed E-state index contributed by atoms with van der Waals surface area (Å²) in [5.74, 6) is -0.902. The molecule has 1 fully saturated rings. The third-order valence-electron chi connectivity index (χ3n) is 2.83. The number of carboxylic acid groups (broad SMARTS) is 1. The van der Waals surface area contributed by atoms with Gasteiger partial charge in [0.2, 0.25) is 0 Å². The molecule has 0 aliphatic carbocycles. The van der Waals surface area contributed by atoms with Gasteiger partial charge < -0.3 is 10.0 Å². The van der Waals surface area contributed by atoms with Gasteiger partial charge in [-0.05, 0) is 32.5 Å². The predicted octanol–water partition coefficient (Wildman–Crippen LogP) is 0.848. The fourth-order valence-corrected chi connectivity index (χ4v) is 2.11. The van der Waals surface area contributed by atoms with Crippen LogP contribution in [-0.4, -0.2) is 45.9 Å². The van der Waals surface area contributed by atoms with Gasteiger partial charge in [0.15, 0.2) is 0 Å². The summed E-state index contributed by atoms with van der Waals surface area (Å²) in [6.45, 7) is 1.96. The highest BCUT2D eigenvalue weighted by Gasteiger charge is 2.23. The predicted molar refractivity (Wildman–Crippen MR) is 55.0 cm³/mol. The molecule has 2 rings (SSSR count). The number of likely N-dealkylation sites (N-methyl/N-ethyl adjacent to an activating group) is 1. The van der Waals surface area contributed by atoms with E-state index in [0.717, 1.165) is 25.9 Å². The van der Waals surface area contributed by atoms with Crippen molar-refractivity contribution in [2.24, 2.45) is 0 Å². The van der Waals surface area contributed by atoms with E-state index in [1.54, 1.807) is 16.9 Å². The number of rotatable bonds is 2. The van der Waals surface area contributed by atoms with Crippen LogP contribution in [0.15, 0.2) is 12.3 Å². The molecule has 0 spiro atoms. The van der Waals surface area contributed by atoms with Crippen molar-refractivity contribution in [3.05, 3.63) is 18.0 Å². The van der Waals surface area contributed by atoms with Crippen LogP contribution in [0.4, 0.5) is 0 Å². The summed E-state index contributed by atoms with van der Waals surface area (Å²) in [4.78, 5) is 13.1. The monoisotopic (exact) mass is 209 g/mol. The molecule has 1 unspecified atom stereocenters. The zero-order chi connectivity index (χ0) is 10.8. The third-order valence-corrected chi connectivity index (χ3v) is 2.83. The Kier molecular flexibility index (Phi) is 2.73. The lowest BCUT2D eigenvalue weighted by Gasteiger charge is -2.30. The molecule has 15 heavy (non-hydrogen) atoms. The van der Waals surface area contributed by atoms with Gasteiger partial charge >= 0.3 is 5.97 Å². The lowest BCUT2D eigenvalue weighted by molar-refractivity contribution is 0.0674. The van der Waals surface area contributed by atoms with E-state index >= 15 is 0 Å². The van der Waals surface area contributed by atoms with Crippen LogP contribution in [0.2, 0.25) is 0 Å². The van der Waals surface area contributed by atoms with E-state index in [0.29, 0.717) is 0 Å². The molecule has 2 heterocycles. The normalized spacial score (nSPS) is 22.9. The Hall–Kier alpha value is -1.36. The zero-order valence-electron chi connectivity index (χ0n) is 8.76. The van der Waals surface area contributed by atoms with Gasteiger partial charge in [-0.2, -0.15) is 5.10 Å². The molecule has 0 aromatic carbocycles. The van der Waals surface area contributed by atoms with Crippen LogP contribution in [0.3, 0.4) is 0 Å². The fourth-order valence-electron chi connectivity index (χ4n) is 2.11. The fraction of sp³-hybridized carbons (Fsp3) is 0.600. The van der Waals surface area contributed by atoms with Crippen LogP contribution in [0, 0.1) is 0 Å². The molecule has 1 atom stereocenters. The van der Waals surface area contributed by atoms with Crippen molar-refractivity contribution in [3.8, 4) is 0 Å². The molecule has 0 saturated carbocycles. The molecule has 1 aromatic rings. The molecule has 1 N–H and O–H groups in total. The van der Waals surface area contributed by atoms with Crippen molar-refractivity contribution in [1.29, 1.82) is 0 Å². The number of carbonyl (C=O) groups is 1. The number of carboxylic acids is 1. The van der Waals surface area contributed by atoms with Crippen LogP contribution >= 0.6 is 0 Å². The average Bonchev–Trinajstić information content (AvgIpc) is 2.65. The highest BCUT2D eigenvalue weighted by molar-refractivity contribution is 5.85. The number of hydrogen-bond acceptors (Lipinski definition) is 3. The Morgan fingerprint density at radius 1 is 1.67 bits per heavy atom. The lowest BCUT2D eigenvalue weighted by Crippen LogP contribution is -2.35. The summed E-state index contributed by atoms with van der Waals surface area (Å²) >= 11 is 0.